The largest absolute Gasteiger partial charge is 0.370 e. The fraction of sp³-hybridized carbons (Fsp3) is 0.864. The number of piperidine rings is 1. The molecule has 2 aliphatic rings. The van der Waals surface area contributed by atoms with Gasteiger partial charge in [-0.15, -0.1) is 0 Å². The summed E-state index contributed by atoms with van der Waals surface area (Å²) < 4.78 is 0. The van der Waals surface area contributed by atoms with Crippen molar-refractivity contribution in [3.8, 4) is 0 Å². The van der Waals surface area contributed by atoms with Gasteiger partial charge in [-0.1, -0.05) is 27.2 Å². The second kappa shape index (κ2) is 12.0. The number of rotatable bonds is 8. The molecule has 0 saturated carbocycles. The number of nitrogens with zero attached hydrogens (tertiary/aromatic N) is 4. The molecule has 2 fully saturated rings. The highest BCUT2D eigenvalue weighted by atomic mass is 16.2. The van der Waals surface area contributed by atoms with Crippen LogP contribution in [-0.2, 0) is 9.59 Å². The Morgan fingerprint density at radius 2 is 1.62 bits per heavy atom. The molecule has 2 rings (SSSR count). The molecule has 0 aromatic heterocycles. The normalized spacial score (nSPS) is 21.0. The second-order valence-electron chi connectivity index (χ2n) is 9.10. The van der Waals surface area contributed by atoms with E-state index in [0.29, 0.717) is 56.8 Å². The van der Waals surface area contributed by atoms with E-state index in [1.54, 1.807) is 0 Å². The minimum absolute atomic E-state index is 0.214. The molecule has 0 radical (unpaired) electrons. The first-order valence-corrected chi connectivity index (χ1v) is 11.5. The summed E-state index contributed by atoms with van der Waals surface area (Å²) in [4.78, 5) is 35.0. The zero-order chi connectivity index (χ0) is 21.2. The summed E-state index contributed by atoms with van der Waals surface area (Å²) in [7, 11) is 0. The van der Waals surface area contributed by atoms with Gasteiger partial charge < -0.3 is 20.4 Å². The molecule has 7 nitrogen and oxygen atoms in total. The third-order valence-electron chi connectivity index (χ3n) is 5.87. The Balaban J connectivity index is 1.56. The molecule has 0 aliphatic carbocycles. The van der Waals surface area contributed by atoms with E-state index >= 15 is 0 Å². The summed E-state index contributed by atoms with van der Waals surface area (Å²) in [6, 6.07) is 0. The predicted octanol–water partition coefficient (Wildman–Crippen LogP) is 2.31. The molecule has 1 unspecified atom stereocenters. The fourth-order valence-corrected chi connectivity index (χ4v) is 4.10. The average Bonchev–Trinajstić information content (AvgIpc) is 2.69. The molecule has 0 aromatic rings. The van der Waals surface area contributed by atoms with E-state index in [1.807, 2.05) is 9.80 Å². The Bertz CT molecular complexity index is 555. The predicted molar refractivity (Wildman–Crippen MR) is 118 cm³/mol. The van der Waals surface area contributed by atoms with Crippen LogP contribution >= 0.6 is 0 Å². The van der Waals surface area contributed by atoms with Gasteiger partial charge in [0, 0.05) is 58.7 Å². The summed E-state index contributed by atoms with van der Waals surface area (Å²) in [5.74, 6) is 2.18. The van der Waals surface area contributed by atoms with Crippen molar-refractivity contribution < 1.29 is 9.59 Å². The van der Waals surface area contributed by atoms with Crippen LogP contribution in [0, 0.1) is 11.8 Å². The maximum Gasteiger partial charge on any atom is 0.222 e. The highest BCUT2D eigenvalue weighted by molar-refractivity contribution is 5.79. The zero-order valence-corrected chi connectivity index (χ0v) is 18.7. The Morgan fingerprint density at radius 1 is 0.966 bits per heavy atom. The molecule has 166 valence electrons. The number of hydrogen-bond acceptors (Lipinski definition) is 3. The standard InChI is InChI=1S/C22H41N5O2/c1-18(2)16-21(29)26-14-12-25(13-15-26)20(28)9-5-4-6-10-24-22(23)27-11-7-8-19(3)17-27/h18-19H,4-17H2,1-3H3,(H2,23,24). The summed E-state index contributed by atoms with van der Waals surface area (Å²) in [5, 5.41) is 0. The molecule has 1 atom stereocenters. The van der Waals surface area contributed by atoms with Gasteiger partial charge in [-0.25, -0.2) is 0 Å². The monoisotopic (exact) mass is 407 g/mol. The first kappa shape index (κ1) is 23.5. The number of guanidine groups is 1. The summed E-state index contributed by atoms with van der Waals surface area (Å²) in [5.41, 5.74) is 6.12. The maximum atomic E-state index is 12.4. The van der Waals surface area contributed by atoms with Crippen LogP contribution in [0.5, 0.6) is 0 Å². The highest BCUT2D eigenvalue weighted by Crippen LogP contribution is 2.15. The molecular weight excluding hydrogens is 366 g/mol. The smallest absolute Gasteiger partial charge is 0.222 e. The number of aliphatic imine (C=N–C) groups is 1. The maximum absolute atomic E-state index is 12.4. The zero-order valence-electron chi connectivity index (χ0n) is 18.7. The van der Waals surface area contributed by atoms with Crippen LogP contribution in [0.3, 0.4) is 0 Å². The van der Waals surface area contributed by atoms with Gasteiger partial charge in [0.2, 0.25) is 11.8 Å². The van der Waals surface area contributed by atoms with Crippen molar-refractivity contribution in [1.82, 2.24) is 14.7 Å². The van der Waals surface area contributed by atoms with Crippen molar-refractivity contribution in [2.45, 2.75) is 65.7 Å². The molecule has 0 bridgehead atoms. The minimum Gasteiger partial charge on any atom is -0.370 e. The molecule has 0 aromatic carbocycles. The van der Waals surface area contributed by atoms with Gasteiger partial charge in [-0.3, -0.25) is 14.6 Å². The van der Waals surface area contributed by atoms with Gasteiger partial charge in [-0.2, -0.15) is 0 Å². The molecule has 29 heavy (non-hydrogen) atoms. The lowest BCUT2D eigenvalue weighted by Crippen LogP contribution is -2.50. The van der Waals surface area contributed by atoms with Gasteiger partial charge in [0.15, 0.2) is 5.96 Å². The van der Waals surface area contributed by atoms with Gasteiger partial charge in [-0.05, 0) is 37.5 Å². The lowest BCUT2D eigenvalue weighted by molar-refractivity contribution is -0.140. The van der Waals surface area contributed by atoms with E-state index in [1.165, 1.54) is 12.8 Å². The van der Waals surface area contributed by atoms with Crippen molar-refractivity contribution in [1.29, 1.82) is 0 Å². The van der Waals surface area contributed by atoms with Crippen LogP contribution in [0.25, 0.3) is 0 Å². The molecular formula is C22H41N5O2. The summed E-state index contributed by atoms with van der Waals surface area (Å²) in [6.07, 6.45) is 6.50. The SMILES string of the molecule is CC(C)CC(=O)N1CCN(C(=O)CCCCCN=C(N)N2CCCC(C)C2)CC1. The van der Waals surface area contributed by atoms with E-state index in [2.05, 4.69) is 30.7 Å². The van der Waals surface area contributed by atoms with Gasteiger partial charge >= 0.3 is 0 Å². The number of amides is 2. The van der Waals surface area contributed by atoms with Crippen LogP contribution in [0.4, 0.5) is 0 Å². The Hall–Kier alpha value is -1.79. The Morgan fingerprint density at radius 3 is 2.24 bits per heavy atom. The van der Waals surface area contributed by atoms with E-state index in [9.17, 15) is 9.59 Å². The molecule has 2 heterocycles. The lowest BCUT2D eigenvalue weighted by atomic mass is 10.0. The van der Waals surface area contributed by atoms with Gasteiger partial charge in [0.25, 0.3) is 0 Å². The highest BCUT2D eigenvalue weighted by Gasteiger charge is 2.24. The Kier molecular flexibility index (Phi) is 9.74. The number of carbonyl (C=O) groups is 2. The number of likely N-dealkylation sites (tertiary alicyclic amines) is 1. The molecule has 2 amide bonds. The number of nitrogens with two attached hydrogens (primary N) is 1. The van der Waals surface area contributed by atoms with E-state index in [4.69, 9.17) is 5.73 Å². The number of piperazine rings is 1. The van der Waals surface area contributed by atoms with Crippen LogP contribution in [0.1, 0.15) is 65.7 Å². The van der Waals surface area contributed by atoms with Crippen molar-refractivity contribution in [3.63, 3.8) is 0 Å². The molecule has 2 N–H and O–H groups in total. The van der Waals surface area contributed by atoms with Gasteiger partial charge in [0.05, 0.1) is 0 Å². The van der Waals surface area contributed by atoms with E-state index < -0.39 is 0 Å². The van der Waals surface area contributed by atoms with Crippen LogP contribution < -0.4 is 5.73 Å². The topological polar surface area (TPSA) is 82.2 Å². The Labute approximate surface area is 176 Å². The van der Waals surface area contributed by atoms with Crippen LogP contribution in [0.2, 0.25) is 0 Å². The van der Waals surface area contributed by atoms with Crippen molar-refractivity contribution in [2.24, 2.45) is 22.6 Å². The molecule has 0 spiro atoms. The van der Waals surface area contributed by atoms with Crippen molar-refractivity contribution in [2.75, 3.05) is 45.8 Å². The molecule has 2 saturated heterocycles. The third-order valence-corrected chi connectivity index (χ3v) is 5.87. The van der Waals surface area contributed by atoms with Crippen molar-refractivity contribution >= 4 is 17.8 Å². The number of carbonyl (C=O) groups excluding carboxylic acids is 2. The summed E-state index contributed by atoms with van der Waals surface area (Å²) in [6.45, 7) is 11.8. The number of hydrogen-bond donors (Lipinski definition) is 1. The summed E-state index contributed by atoms with van der Waals surface area (Å²) >= 11 is 0. The van der Waals surface area contributed by atoms with Crippen molar-refractivity contribution in [3.05, 3.63) is 0 Å². The minimum atomic E-state index is 0.214. The molecule has 7 heteroatoms. The second-order valence-corrected chi connectivity index (χ2v) is 9.10. The van der Waals surface area contributed by atoms with E-state index in [0.717, 1.165) is 38.9 Å². The molecule has 2 aliphatic heterocycles. The van der Waals surface area contributed by atoms with Crippen LogP contribution in [0.15, 0.2) is 4.99 Å². The quantitative estimate of drug-likeness (QED) is 0.380. The van der Waals surface area contributed by atoms with Crippen LogP contribution in [-0.4, -0.2) is 78.3 Å². The number of unbranched alkanes of at least 4 members (excludes halogenated alkanes) is 2. The lowest BCUT2D eigenvalue weighted by Gasteiger charge is -2.35. The first-order chi connectivity index (χ1) is 13.9. The fourth-order valence-electron chi connectivity index (χ4n) is 4.10. The third kappa shape index (κ3) is 8.23. The van der Waals surface area contributed by atoms with E-state index in [-0.39, 0.29) is 11.8 Å². The first-order valence-electron chi connectivity index (χ1n) is 11.5. The average molecular weight is 408 g/mol. The van der Waals surface area contributed by atoms with Gasteiger partial charge in [0.1, 0.15) is 0 Å².